The number of ketones is 1. The molecule has 0 unspecified atom stereocenters. The summed E-state index contributed by atoms with van der Waals surface area (Å²) in [5.74, 6) is 0.156. The summed E-state index contributed by atoms with van der Waals surface area (Å²) >= 11 is 1.41. The van der Waals surface area contributed by atoms with Crippen molar-refractivity contribution in [2.24, 2.45) is 7.05 Å². The summed E-state index contributed by atoms with van der Waals surface area (Å²) in [6.45, 7) is 1.85. The highest BCUT2D eigenvalue weighted by molar-refractivity contribution is 7.99. The molecule has 108 valence electrons. The van der Waals surface area contributed by atoms with Gasteiger partial charge in [0.2, 0.25) is 5.91 Å². The highest BCUT2D eigenvalue weighted by Crippen LogP contribution is 2.33. The number of anilines is 1. The molecule has 1 aromatic heterocycles. The van der Waals surface area contributed by atoms with Crippen LogP contribution in [0.3, 0.4) is 0 Å². The molecule has 0 saturated heterocycles. The predicted molar refractivity (Wildman–Crippen MR) is 81.7 cm³/mol. The maximum absolute atomic E-state index is 12.3. The molecule has 1 aliphatic heterocycles. The number of thioether (sulfide) groups is 1. The van der Waals surface area contributed by atoms with Gasteiger partial charge in [-0.3, -0.25) is 9.59 Å². The number of nitrogens with zero attached hydrogens (tertiary/aromatic N) is 2. The van der Waals surface area contributed by atoms with Gasteiger partial charge >= 0.3 is 0 Å². The lowest BCUT2D eigenvalue weighted by Gasteiger charge is -2.05. The maximum atomic E-state index is 12.3. The van der Waals surface area contributed by atoms with Gasteiger partial charge in [-0.1, -0.05) is 11.8 Å². The van der Waals surface area contributed by atoms with Crippen molar-refractivity contribution in [2.75, 3.05) is 11.1 Å². The molecular weight excluding hydrogens is 286 g/mol. The number of hydrogen-bond acceptors (Lipinski definition) is 4. The highest BCUT2D eigenvalue weighted by atomic mass is 32.2. The average Bonchev–Trinajstić information content (AvgIpc) is 3.01. The normalized spacial score (nSPS) is 16.7. The molecule has 0 fully saturated rings. The van der Waals surface area contributed by atoms with Crippen molar-refractivity contribution >= 4 is 29.1 Å². The quantitative estimate of drug-likeness (QED) is 0.696. The smallest absolute Gasteiger partial charge is 0.231 e. The van der Waals surface area contributed by atoms with Crippen LogP contribution in [-0.4, -0.2) is 27.0 Å². The lowest BCUT2D eigenvalue weighted by atomic mass is 9.99. The summed E-state index contributed by atoms with van der Waals surface area (Å²) < 4.78 is 1.88. The van der Waals surface area contributed by atoms with Crippen LogP contribution < -0.4 is 5.32 Å². The van der Waals surface area contributed by atoms with Crippen LogP contribution >= 0.6 is 11.8 Å². The van der Waals surface area contributed by atoms with E-state index in [1.54, 1.807) is 18.3 Å². The van der Waals surface area contributed by atoms with Gasteiger partial charge in [-0.2, -0.15) is 0 Å². The van der Waals surface area contributed by atoms with E-state index in [1.165, 1.54) is 11.8 Å². The first-order valence-corrected chi connectivity index (χ1v) is 7.63. The van der Waals surface area contributed by atoms with Crippen LogP contribution in [0.4, 0.5) is 5.69 Å². The van der Waals surface area contributed by atoms with Crippen LogP contribution in [0.2, 0.25) is 0 Å². The summed E-state index contributed by atoms with van der Waals surface area (Å²) in [6, 6.07) is 5.38. The number of carbonyl (C=O) groups is 2. The number of Topliss-reactive ketones (excluding diaryl/α,β-unsaturated/α-hetero) is 1. The Balaban J connectivity index is 1.74. The Bertz CT molecular complexity index is 723. The Morgan fingerprint density at radius 1 is 1.48 bits per heavy atom. The van der Waals surface area contributed by atoms with Crippen molar-refractivity contribution in [1.82, 2.24) is 9.55 Å². The fourth-order valence-electron chi connectivity index (χ4n) is 2.29. The zero-order valence-corrected chi connectivity index (χ0v) is 12.6. The van der Waals surface area contributed by atoms with Gasteiger partial charge < -0.3 is 9.88 Å². The summed E-state index contributed by atoms with van der Waals surface area (Å²) in [7, 11) is 1.90. The Morgan fingerprint density at radius 3 is 3.00 bits per heavy atom. The number of carbonyl (C=O) groups excluding carboxylic acids is 2. The third-order valence-corrected chi connectivity index (χ3v) is 4.66. The Hall–Kier alpha value is -2.08. The van der Waals surface area contributed by atoms with Crippen molar-refractivity contribution in [3.63, 3.8) is 0 Å². The van der Waals surface area contributed by atoms with E-state index in [0.29, 0.717) is 11.3 Å². The lowest BCUT2D eigenvalue weighted by molar-refractivity contribution is -0.116. The van der Waals surface area contributed by atoms with E-state index in [0.717, 1.165) is 16.4 Å². The van der Waals surface area contributed by atoms with Crippen molar-refractivity contribution in [1.29, 1.82) is 0 Å². The SMILES string of the molecule is C[C@@H]1C(=O)Nc2ccc(C(=O)CSc3nccn3C)cc21. The molecule has 1 N–H and O–H groups in total. The average molecular weight is 301 g/mol. The zero-order valence-electron chi connectivity index (χ0n) is 11.8. The van der Waals surface area contributed by atoms with Crippen LogP contribution in [0.25, 0.3) is 0 Å². The van der Waals surface area contributed by atoms with Crippen LogP contribution in [-0.2, 0) is 11.8 Å². The van der Waals surface area contributed by atoms with Gasteiger partial charge in [-0.25, -0.2) is 4.98 Å². The van der Waals surface area contributed by atoms with E-state index in [1.807, 2.05) is 30.8 Å². The second-order valence-electron chi connectivity index (χ2n) is 5.05. The minimum atomic E-state index is -0.199. The van der Waals surface area contributed by atoms with Crippen molar-refractivity contribution in [3.05, 3.63) is 41.7 Å². The predicted octanol–water partition coefficient (Wildman–Crippen LogP) is 2.45. The minimum Gasteiger partial charge on any atom is -0.329 e. The topological polar surface area (TPSA) is 64.0 Å². The molecule has 0 bridgehead atoms. The fourth-order valence-corrected chi connectivity index (χ4v) is 3.12. The molecular formula is C15H15N3O2S. The third-order valence-electron chi connectivity index (χ3n) is 3.60. The van der Waals surface area contributed by atoms with Crippen molar-refractivity contribution in [2.45, 2.75) is 18.0 Å². The van der Waals surface area contributed by atoms with Crippen molar-refractivity contribution in [3.8, 4) is 0 Å². The van der Waals surface area contributed by atoms with Gasteiger partial charge in [0.25, 0.3) is 0 Å². The molecule has 2 heterocycles. The molecule has 5 nitrogen and oxygen atoms in total. The molecule has 1 amide bonds. The summed E-state index contributed by atoms with van der Waals surface area (Å²) in [5, 5.41) is 3.62. The summed E-state index contributed by atoms with van der Waals surface area (Å²) in [4.78, 5) is 28.1. The Labute approximate surface area is 126 Å². The van der Waals surface area contributed by atoms with Gasteiger partial charge in [0.05, 0.1) is 11.7 Å². The molecule has 6 heteroatoms. The molecule has 1 aliphatic rings. The first-order valence-electron chi connectivity index (χ1n) is 6.64. The second-order valence-corrected chi connectivity index (χ2v) is 5.99. The number of nitrogens with one attached hydrogen (secondary N) is 1. The Morgan fingerprint density at radius 2 is 2.29 bits per heavy atom. The largest absolute Gasteiger partial charge is 0.329 e. The minimum absolute atomic E-state index is 0.0167. The van der Waals surface area contributed by atoms with E-state index in [9.17, 15) is 9.59 Å². The summed E-state index contributed by atoms with van der Waals surface area (Å²) in [6.07, 6.45) is 3.56. The number of benzene rings is 1. The maximum Gasteiger partial charge on any atom is 0.231 e. The Kier molecular flexibility index (Phi) is 3.55. The van der Waals surface area contributed by atoms with Gasteiger partial charge in [-0.15, -0.1) is 0 Å². The monoisotopic (exact) mass is 301 g/mol. The highest BCUT2D eigenvalue weighted by Gasteiger charge is 2.27. The zero-order chi connectivity index (χ0) is 15.0. The van der Waals surface area contributed by atoms with Gasteiger partial charge in [0.1, 0.15) is 0 Å². The molecule has 1 atom stereocenters. The van der Waals surface area contributed by atoms with E-state index >= 15 is 0 Å². The van der Waals surface area contributed by atoms with E-state index in [2.05, 4.69) is 10.3 Å². The molecule has 1 aromatic carbocycles. The van der Waals surface area contributed by atoms with E-state index in [4.69, 9.17) is 0 Å². The molecule has 0 aliphatic carbocycles. The number of aryl methyl sites for hydroxylation is 1. The lowest BCUT2D eigenvalue weighted by Crippen LogP contribution is -2.08. The number of rotatable bonds is 4. The standard InChI is InChI=1S/C15H15N3O2S/c1-9-11-7-10(3-4-12(11)17-14(9)20)13(19)8-21-15-16-5-6-18(15)2/h3-7,9H,8H2,1-2H3,(H,17,20)/t9-/m0/s1. The molecule has 2 aromatic rings. The first kappa shape index (κ1) is 13.9. The molecule has 0 spiro atoms. The number of aromatic nitrogens is 2. The number of amides is 1. The number of fused-ring (bicyclic) bond motifs is 1. The van der Waals surface area contributed by atoms with Crippen LogP contribution in [0.1, 0.15) is 28.8 Å². The van der Waals surface area contributed by atoms with Gasteiger partial charge in [-0.05, 0) is 30.7 Å². The van der Waals surface area contributed by atoms with Crippen LogP contribution in [0.15, 0.2) is 35.7 Å². The first-order chi connectivity index (χ1) is 10.1. The van der Waals surface area contributed by atoms with Crippen molar-refractivity contribution < 1.29 is 9.59 Å². The summed E-state index contributed by atoms with van der Waals surface area (Å²) in [5.41, 5.74) is 2.34. The second kappa shape index (κ2) is 5.37. The van der Waals surface area contributed by atoms with Crippen LogP contribution in [0, 0.1) is 0 Å². The van der Waals surface area contributed by atoms with E-state index in [-0.39, 0.29) is 17.6 Å². The molecule has 0 saturated carbocycles. The fraction of sp³-hybridized carbons (Fsp3) is 0.267. The number of imidazole rings is 1. The van der Waals surface area contributed by atoms with E-state index < -0.39 is 0 Å². The number of hydrogen-bond donors (Lipinski definition) is 1. The molecule has 0 radical (unpaired) electrons. The molecule has 3 rings (SSSR count). The van der Waals surface area contributed by atoms with Gasteiger partial charge in [0.15, 0.2) is 10.9 Å². The van der Waals surface area contributed by atoms with Crippen LogP contribution in [0.5, 0.6) is 0 Å². The third kappa shape index (κ3) is 2.58. The molecule has 21 heavy (non-hydrogen) atoms. The van der Waals surface area contributed by atoms with Gasteiger partial charge in [0, 0.05) is 30.7 Å².